The molecule has 1 N–H and O–H groups in total. The quantitative estimate of drug-likeness (QED) is 0.790. The van der Waals surface area contributed by atoms with Crippen molar-refractivity contribution in [2.24, 2.45) is 0 Å². The smallest absolute Gasteiger partial charge is 0.243 e. The molecule has 0 aromatic heterocycles. The highest BCUT2D eigenvalue weighted by atomic mass is 35.5. The Labute approximate surface area is 174 Å². The molecule has 148 valence electrons. The lowest BCUT2D eigenvalue weighted by Gasteiger charge is -2.29. The van der Waals surface area contributed by atoms with Gasteiger partial charge in [-0.3, -0.25) is 4.79 Å². The maximum absolute atomic E-state index is 13.0. The Morgan fingerprint density at radius 3 is 2.71 bits per heavy atom. The molecule has 28 heavy (non-hydrogen) atoms. The second-order valence-electron chi connectivity index (χ2n) is 6.97. The molecule has 1 amide bonds. The van der Waals surface area contributed by atoms with Gasteiger partial charge in [0.05, 0.1) is 10.9 Å². The predicted molar refractivity (Wildman–Crippen MR) is 111 cm³/mol. The fourth-order valence-corrected chi connectivity index (χ4v) is 6.76. The molecule has 8 heteroatoms. The summed E-state index contributed by atoms with van der Waals surface area (Å²) in [5.41, 5.74) is 1.01. The number of hydrogen-bond donors (Lipinski definition) is 1. The maximum atomic E-state index is 13.0. The maximum Gasteiger partial charge on any atom is 0.243 e. The van der Waals surface area contributed by atoms with Crippen LogP contribution in [0.3, 0.4) is 0 Å². The first-order valence-corrected chi connectivity index (χ1v) is 12.1. The zero-order chi connectivity index (χ0) is 19.7. The van der Waals surface area contributed by atoms with Gasteiger partial charge in [0.1, 0.15) is 6.04 Å². The van der Waals surface area contributed by atoms with E-state index < -0.39 is 16.1 Å². The monoisotopic (exact) mass is 436 g/mol. The summed E-state index contributed by atoms with van der Waals surface area (Å²) < 4.78 is 27.4. The highest BCUT2D eigenvalue weighted by Gasteiger charge is 2.40. The number of nitrogens with zero attached hydrogens (tertiary/aromatic N) is 1. The van der Waals surface area contributed by atoms with Gasteiger partial charge in [-0.25, -0.2) is 8.42 Å². The Bertz CT molecular complexity index is 982. The average molecular weight is 437 g/mol. The summed E-state index contributed by atoms with van der Waals surface area (Å²) in [7, 11) is -3.69. The van der Waals surface area contributed by atoms with Crippen molar-refractivity contribution in [1.29, 1.82) is 0 Å². The van der Waals surface area contributed by atoms with Gasteiger partial charge in [0.15, 0.2) is 0 Å². The van der Waals surface area contributed by atoms with Crippen molar-refractivity contribution in [3.8, 4) is 0 Å². The zero-order valence-corrected chi connectivity index (χ0v) is 17.6. The molecule has 0 radical (unpaired) electrons. The van der Waals surface area contributed by atoms with Crippen molar-refractivity contribution in [2.75, 3.05) is 12.3 Å². The lowest BCUT2D eigenvalue weighted by atomic mass is 10.0. The van der Waals surface area contributed by atoms with E-state index in [1.54, 1.807) is 42.1 Å². The molecule has 0 saturated carbocycles. The normalized spacial score (nSPS) is 22.6. The van der Waals surface area contributed by atoms with Crippen molar-refractivity contribution < 1.29 is 13.2 Å². The van der Waals surface area contributed by atoms with Crippen LogP contribution >= 0.6 is 23.4 Å². The van der Waals surface area contributed by atoms with Gasteiger partial charge in [-0.1, -0.05) is 29.8 Å². The highest BCUT2D eigenvalue weighted by Crippen LogP contribution is 2.38. The molecule has 5 nitrogen and oxygen atoms in total. The van der Waals surface area contributed by atoms with Crippen LogP contribution in [0.25, 0.3) is 0 Å². The number of hydrogen-bond acceptors (Lipinski definition) is 4. The fraction of sp³-hybridized carbons (Fsp3) is 0.350. The second kappa shape index (κ2) is 8.06. The number of nitrogens with one attached hydrogen (secondary N) is 1. The second-order valence-corrected chi connectivity index (χ2v) is 10.4. The number of carbonyl (C=O) groups excluding carboxylic acids is 1. The molecule has 2 aromatic rings. The third-order valence-electron chi connectivity index (χ3n) is 5.18. The summed E-state index contributed by atoms with van der Waals surface area (Å²) in [6.07, 6.45) is 2.00. The molecule has 0 spiro atoms. The third-order valence-corrected chi connectivity index (χ3v) is 8.46. The standard InChI is InChI=1S/C20H21ClN2O3S2/c21-14-8-9-19-16(13-14)17(10-12-27-19)22-20(24)18-7-4-11-23(18)28(25,26)15-5-2-1-3-6-15/h1-3,5-6,8-9,13,17-18H,4,7,10-12H2,(H,22,24). The molecular weight excluding hydrogens is 416 g/mol. The Hall–Kier alpha value is -1.54. The van der Waals surface area contributed by atoms with E-state index in [4.69, 9.17) is 11.6 Å². The summed E-state index contributed by atoms with van der Waals surface area (Å²) >= 11 is 7.89. The molecule has 2 unspecified atom stereocenters. The minimum absolute atomic E-state index is 0.149. The molecule has 1 fully saturated rings. The van der Waals surface area contributed by atoms with Crippen LogP contribution in [-0.4, -0.2) is 37.0 Å². The number of rotatable bonds is 4. The van der Waals surface area contributed by atoms with Crippen molar-refractivity contribution in [3.63, 3.8) is 0 Å². The molecule has 2 aliphatic heterocycles. The third kappa shape index (κ3) is 3.81. The lowest BCUT2D eigenvalue weighted by molar-refractivity contribution is -0.125. The molecule has 2 heterocycles. The number of sulfonamides is 1. The Balaban J connectivity index is 1.55. The van der Waals surface area contributed by atoms with Crippen LogP contribution in [0.1, 0.15) is 30.9 Å². The van der Waals surface area contributed by atoms with Crippen LogP contribution in [0.5, 0.6) is 0 Å². The van der Waals surface area contributed by atoms with E-state index in [9.17, 15) is 13.2 Å². The first-order chi connectivity index (χ1) is 13.5. The first kappa shape index (κ1) is 19.8. The van der Waals surface area contributed by atoms with Crippen molar-refractivity contribution in [1.82, 2.24) is 9.62 Å². The van der Waals surface area contributed by atoms with E-state index in [1.807, 2.05) is 18.2 Å². The molecule has 0 aliphatic carbocycles. The van der Waals surface area contributed by atoms with Gasteiger partial charge in [0, 0.05) is 22.2 Å². The molecular formula is C20H21ClN2O3S2. The minimum atomic E-state index is -3.69. The number of amides is 1. The average Bonchev–Trinajstić information content (AvgIpc) is 3.20. The van der Waals surface area contributed by atoms with Crippen LogP contribution < -0.4 is 5.32 Å². The molecule has 0 bridgehead atoms. The summed E-state index contributed by atoms with van der Waals surface area (Å²) in [5, 5.41) is 3.71. The molecule has 2 aromatic carbocycles. The van der Waals surface area contributed by atoms with E-state index in [2.05, 4.69) is 5.32 Å². The fourth-order valence-electron chi connectivity index (χ4n) is 3.80. The van der Waals surface area contributed by atoms with Crippen LogP contribution in [0.15, 0.2) is 58.3 Å². The summed E-state index contributed by atoms with van der Waals surface area (Å²) in [5.74, 6) is 0.663. The Morgan fingerprint density at radius 1 is 1.14 bits per heavy atom. The van der Waals surface area contributed by atoms with Gasteiger partial charge in [0.2, 0.25) is 15.9 Å². The summed E-state index contributed by atoms with van der Waals surface area (Å²) in [6.45, 7) is 0.359. The van der Waals surface area contributed by atoms with Crippen molar-refractivity contribution in [2.45, 2.75) is 41.1 Å². The molecule has 2 atom stereocenters. The van der Waals surface area contributed by atoms with Gasteiger partial charge < -0.3 is 5.32 Å². The van der Waals surface area contributed by atoms with E-state index in [0.29, 0.717) is 24.4 Å². The van der Waals surface area contributed by atoms with E-state index >= 15 is 0 Å². The van der Waals surface area contributed by atoms with Crippen LogP contribution in [0, 0.1) is 0 Å². The minimum Gasteiger partial charge on any atom is -0.348 e. The SMILES string of the molecule is O=C(NC1CCSc2ccc(Cl)cc21)C1CCCN1S(=O)(=O)c1ccccc1. The number of fused-ring (bicyclic) bond motifs is 1. The van der Waals surface area contributed by atoms with E-state index in [-0.39, 0.29) is 16.8 Å². The summed E-state index contributed by atoms with van der Waals surface area (Å²) in [6, 6.07) is 13.2. The lowest BCUT2D eigenvalue weighted by Crippen LogP contribution is -2.47. The van der Waals surface area contributed by atoms with Crippen molar-refractivity contribution in [3.05, 3.63) is 59.1 Å². The zero-order valence-electron chi connectivity index (χ0n) is 15.2. The highest BCUT2D eigenvalue weighted by molar-refractivity contribution is 7.99. The van der Waals surface area contributed by atoms with Gasteiger partial charge >= 0.3 is 0 Å². The number of carbonyl (C=O) groups is 1. The van der Waals surface area contributed by atoms with Crippen LogP contribution in [-0.2, 0) is 14.8 Å². The largest absolute Gasteiger partial charge is 0.348 e. The molecule has 2 aliphatic rings. The van der Waals surface area contributed by atoms with Crippen molar-refractivity contribution >= 4 is 39.3 Å². The number of benzene rings is 2. The Morgan fingerprint density at radius 2 is 1.93 bits per heavy atom. The van der Waals surface area contributed by atoms with Gasteiger partial charge in [-0.15, -0.1) is 11.8 Å². The van der Waals surface area contributed by atoms with E-state index in [0.717, 1.165) is 22.6 Å². The molecule has 4 rings (SSSR count). The predicted octanol–water partition coefficient (Wildman–Crippen LogP) is 3.85. The Kier molecular flexibility index (Phi) is 5.69. The van der Waals surface area contributed by atoms with E-state index in [1.165, 1.54) is 4.31 Å². The van der Waals surface area contributed by atoms with Gasteiger partial charge in [0.25, 0.3) is 0 Å². The topological polar surface area (TPSA) is 66.5 Å². The van der Waals surface area contributed by atoms with Gasteiger partial charge in [-0.05, 0) is 55.2 Å². The van der Waals surface area contributed by atoms with Gasteiger partial charge in [-0.2, -0.15) is 4.31 Å². The number of halogens is 1. The van der Waals surface area contributed by atoms with Crippen LogP contribution in [0.4, 0.5) is 0 Å². The molecule has 1 saturated heterocycles. The number of thioether (sulfide) groups is 1. The summed E-state index contributed by atoms with van der Waals surface area (Å²) in [4.78, 5) is 14.4. The first-order valence-electron chi connectivity index (χ1n) is 9.26. The van der Waals surface area contributed by atoms with Crippen LogP contribution in [0.2, 0.25) is 5.02 Å².